The Kier molecular flexibility index (Phi) is 7.96. The number of nitrogens with one attached hydrogen (secondary N) is 1. The van der Waals surface area contributed by atoms with Crippen LogP contribution in [0.15, 0.2) is 0 Å². The van der Waals surface area contributed by atoms with Gasteiger partial charge in [0.1, 0.15) is 0 Å². The Bertz CT molecular complexity index is 227. The largest absolute Gasteiger partial charge is 0.378 e. The lowest BCUT2D eigenvalue weighted by molar-refractivity contribution is -0.0207. The second-order valence-electron chi connectivity index (χ2n) is 6.61. The lowest BCUT2D eigenvalue weighted by Gasteiger charge is -2.37. The molecule has 0 aromatic rings. The zero-order chi connectivity index (χ0) is 14.3. The van der Waals surface area contributed by atoms with Crippen molar-refractivity contribution in [1.82, 2.24) is 10.2 Å². The molecule has 1 unspecified atom stereocenters. The summed E-state index contributed by atoms with van der Waals surface area (Å²) in [5, 5.41) is 3.56. The first-order valence-electron chi connectivity index (χ1n) is 8.07. The van der Waals surface area contributed by atoms with Crippen molar-refractivity contribution in [2.45, 2.75) is 71.6 Å². The zero-order valence-corrected chi connectivity index (χ0v) is 13.6. The van der Waals surface area contributed by atoms with Crippen molar-refractivity contribution in [3.05, 3.63) is 0 Å². The van der Waals surface area contributed by atoms with E-state index < -0.39 is 0 Å². The number of hydrogen-bond donors (Lipinski definition) is 1. The topological polar surface area (TPSA) is 24.5 Å². The van der Waals surface area contributed by atoms with Crippen LogP contribution in [0, 0.1) is 5.92 Å². The van der Waals surface area contributed by atoms with Crippen LogP contribution in [0.5, 0.6) is 0 Å². The third kappa shape index (κ3) is 7.28. The van der Waals surface area contributed by atoms with Crippen LogP contribution in [0.2, 0.25) is 0 Å². The molecular formula is C16H34N2O. The van der Waals surface area contributed by atoms with Crippen LogP contribution >= 0.6 is 0 Å². The summed E-state index contributed by atoms with van der Waals surface area (Å²) in [4.78, 5) is 2.43. The molecule has 1 saturated carbocycles. The molecule has 0 spiro atoms. The van der Waals surface area contributed by atoms with Gasteiger partial charge in [-0.05, 0) is 32.2 Å². The van der Waals surface area contributed by atoms with Crippen molar-refractivity contribution in [3.63, 3.8) is 0 Å². The first-order chi connectivity index (χ1) is 9.01. The molecule has 0 heterocycles. The van der Waals surface area contributed by atoms with Crippen LogP contribution in [0.1, 0.15) is 53.4 Å². The Morgan fingerprint density at radius 2 is 1.95 bits per heavy atom. The van der Waals surface area contributed by atoms with Crippen molar-refractivity contribution in [3.8, 4) is 0 Å². The molecular weight excluding hydrogens is 236 g/mol. The van der Waals surface area contributed by atoms with E-state index >= 15 is 0 Å². The third-order valence-electron chi connectivity index (χ3n) is 4.02. The molecule has 1 fully saturated rings. The minimum Gasteiger partial charge on any atom is -0.378 e. The number of hydrogen-bond acceptors (Lipinski definition) is 3. The van der Waals surface area contributed by atoms with Crippen LogP contribution < -0.4 is 5.32 Å². The molecule has 0 aromatic heterocycles. The van der Waals surface area contributed by atoms with Crippen molar-refractivity contribution in [2.24, 2.45) is 5.92 Å². The molecule has 0 aliphatic heterocycles. The second kappa shape index (κ2) is 8.93. The van der Waals surface area contributed by atoms with Gasteiger partial charge in [-0.25, -0.2) is 0 Å². The molecule has 1 N–H and O–H groups in total. The normalized spacial score (nSPS) is 24.8. The van der Waals surface area contributed by atoms with E-state index in [4.69, 9.17) is 4.74 Å². The van der Waals surface area contributed by atoms with Crippen molar-refractivity contribution < 1.29 is 4.74 Å². The minimum absolute atomic E-state index is 0.510. The summed E-state index contributed by atoms with van der Waals surface area (Å²) in [5.41, 5.74) is 0. The number of ether oxygens (including phenoxy) is 1. The molecule has 0 saturated heterocycles. The Hall–Kier alpha value is -0.120. The number of nitrogens with zero attached hydrogens (tertiary/aromatic N) is 1. The average molecular weight is 270 g/mol. The fraction of sp³-hybridized carbons (Fsp3) is 1.00. The van der Waals surface area contributed by atoms with Crippen molar-refractivity contribution in [1.29, 1.82) is 0 Å². The first-order valence-corrected chi connectivity index (χ1v) is 8.07. The number of rotatable bonds is 10. The Balaban J connectivity index is 1.92. The summed E-state index contributed by atoms with van der Waals surface area (Å²) >= 11 is 0. The van der Waals surface area contributed by atoms with Gasteiger partial charge in [-0.1, -0.05) is 34.1 Å². The van der Waals surface area contributed by atoms with Gasteiger partial charge in [-0.3, -0.25) is 0 Å². The summed E-state index contributed by atoms with van der Waals surface area (Å²) < 4.78 is 5.90. The van der Waals surface area contributed by atoms with E-state index in [2.05, 4.69) is 45.0 Å². The maximum atomic E-state index is 5.90. The van der Waals surface area contributed by atoms with Crippen LogP contribution in [0.25, 0.3) is 0 Å². The minimum atomic E-state index is 0.510. The standard InChI is InChI=1S/C16H34N2O/c1-6-14(4)12-18(5)8-7-9-19-16-10-15(11-16)17-13(2)3/h13-17H,6-12H2,1-5H3/t14?,15-,16-. The van der Waals surface area contributed by atoms with E-state index in [0.29, 0.717) is 18.2 Å². The maximum absolute atomic E-state index is 5.90. The Labute approximate surface area is 120 Å². The molecule has 1 atom stereocenters. The van der Waals surface area contributed by atoms with E-state index in [1.165, 1.54) is 25.8 Å². The smallest absolute Gasteiger partial charge is 0.0604 e. The van der Waals surface area contributed by atoms with Gasteiger partial charge in [0.25, 0.3) is 0 Å². The molecule has 1 aliphatic rings. The van der Waals surface area contributed by atoms with E-state index in [9.17, 15) is 0 Å². The molecule has 19 heavy (non-hydrogen) atoms. The monoisotopic (exact) mass is 270 g/mol. The molecule has 3 heteroatoms. The lowest BCUT2D eigenvalue weighted by Crippen LogP contribution is -2.48. The van der Waals surface area contributed by atoms with E-state index in [1.807, 2.05) is 0 Å². The second-order valence-corrected chi connectivity index (χ2v) is 6.61. The van der Waals surface area contributed by atoms with Gasteiger partial charge in [-0.15, -0.1) is 0 Å². The summed E-state index contributed by atoms with van der Waals surface area (Å²) in [6.07, 6.45) is 5.33. The van der Waals surface area contributed by atoms with E-state index in [0.717, 1.165) is 25.5 Å². The van der Waals surface area contributed by atoms with Crippen LogP contribution in [-0.2, 0) is 4.74 Å². The van der Waals surface area contributed by atoms with Gasteiger partial charge in [0.15, 0.2) is 0 Å². The highest BCUT2D eigenvalue weighted by Crippen LogP contribution is 2.23. The molecule has 3 nitrogen and oxygen atoms in total. The van der Waals surface area contributed by atoms with Crippen molar-refractivity contribution >= 4 is 0 Å². The highest BCUT2D eigenvalue weighted by molar-refractivity contribution is 4.86. The predicted octanol–water partition coefficient (Wildman–Crippen LogP) is 2.90. The molecule has 114 valence electrons. The van der Waals surface area contributed by atoms with Gasteiger partial charge in [0, 0.05) is 31.8 Å². The van der Waals surface area contributed by atoms with E-state index in [1.54, 1.807) is 0 Å². The van der Waals surface area contributed by atoms with Gasteiger partial charge in [-0.2, -0.15) is 0 Å². The summed E-state index contributed by atoms with van der Waals surface area (Å²) in [5.74, 6) is 0.806. The molecule has 0 radical (unpaired) electrons. The molecule has 1 aliphatic carbocycles. The molecule has 0 amide bonds. The summed E-state index contributed by atoms with van der Waals surface area (Å²) in [7, 11) is 2.22. The van der Waals surface area contributed by atoms with Crippen LogP contribution in [-0.4, -0.2) is 49.8 Å². The quantitative estimate of drug-likeness (QED) is 0.618. The van der Waals surface area contributed by atoms with Gasteiger partial charge in [0.2, 0.25) is 0 Å². The van der Waals surface area contributed by atoms with Crippen LogP contribution in [0.4, 0.5) is 0 Å². The highest BCUT2D eigenvalue weighted by Gasteiger charge is 2.29. The average Bonchev–Trinajstić information content (AvgIpc) is 2.29. The van der Waals surface area contributed by atoms with Crippen molar-refractivity contribution in [2.75, 3.05) is 26.7 Å². The zero-order valence-electron chi connectivity index (χ0n) is 13.6. The fourth-order valence-electron chi connectivity index (χ4n) is 2.65. The van der Waals surface area contributed by atoms with E-state index in [-0.39, 0.29) is 0 Å². The summed E-state index contributed by atoms with van der Waals surface area (Å²) in [6.45, 7) is 12.3. The molecule has 1 rings (SSSR count). The lowest BCUT2D eigenvalue weighted by atomic mass is 9.89. The SMILES string of the molecule is CCC(C)CN(C)CCCO[C@H]1C[C@H](NC(C)C)C1. The van der Waals surface area contributed by atoms with Gasteiger partial charge >= 0.3 is 0 Å². The van der Waals surface area contributed by atoms with Crippen LogP contribution in [0.3, 0.4) is 0 Å². The molecule has 0 aromatic carbocycles. The maximum Gasteiger partial charge on any atom is 0.0604 e. The first kappa shape index (κ1) is 16.9. The van der Waals surface area contributed by atoms with Gasteiger partial charge in [0.05, 0.1) is 6.10 Å². The Morgan fingerprint density at radius 1 is 1.26 bits per heavy atom. The Morgan fingerprint density at radius 3 is 2.53 bits per heavy atom. The third-order valence-corrected chi connectivity index (χ3v) is 4.02. The summed E-state index contributed by atoms with van der Waals surface area (Å²) in [6, 6.07) is 1.29. The molecule has 0 bridgehead atoms. The predicted molar refractivity (Wildman–Crippen MR) is 82.6 cm³/mol. The van der Waals surface area contributed by atoms with Gasteiger partial charge < -0.3 is 15.0 Å². The highest BCUT2D eigenvalue weighted by atomic mass is 16.5. The fourth-order valence-corrected chi connectivity index (χ4v) is 2.65.